The van der Waals surface area contributed by atoms with Crippen molar-refractivity contribution in [2.45, 2.75) is 36.1 Å². The molecule has 18 heavy (non-hydrogen) atoms. The summed E-state index contributed by atoms with van der Waals surface area (Å²) < 4.78 is 27.0. The molecule has 102 valence electrons. The van der Waals surface area contributed by atoms with Crippen LogP contribution in [-0.4, -0.2) is 25.5 Å². The summed E-state index contributed by atoms with van der Waals surface area (Å²) in [5, 5.41) is 0. The van der Waals surface area contributed by atoms with Crippen LogP contribution in [0.1, 0.15) is 25.7 Å². The van der Waals surface area contributed by atoms with Crippen molar-refractivity contribution >= 4 is 22.4 Å². The Bertz CT molecular complexity index is 472. The minimum Gasteiger partial charge on any atom is -0.329 e. The molecule has 0 bridgehead atoms. The van der Waals surface area contributed by atoms with E-state index in [1.807, 2.05) is 0 Å². The van der Waals surface area contributed by atoms with Crippen LogP contribution in [0, 0.1) is 0 Å². The highest BCUT2D eigenvalue weighted by Crippen LogP contribution is 2.30. The van der Waals surface area contributed by atoms with Gasteiger partial charge in [0.25, 0.3) is 0 Å². The molecule has 0 unspecified atom stereocenters. The van der Waals surface area contributed by atoms with E-state index in [-0.39, 0.29) is 17.3 Å². The Morgan fingerprint density at radius 2 is 2.06 bits per heavy atom. The average Bonchev–Trinajstić information content (AvgIpc) is 2.79. The maximum atomic E-state index is 12.1. The van der Waals surface area contributed by atoms with Gasteiger partial charge in [-0.05, 0) is 25.0 Å². The van der Waals surface area contributed by atoms with E-state index in [9.17, 15) is 8.42 Å². The van der Waals surface area contributed by atoms with Gasteiger partial charge in [0.1, 0.15) is 4.90 Å². The molecular formula is C11H18ClN3O2S. The van der Waals surface area contributed by atoms with Crippen molar-refractivity contribution in [3.63, 3.8) is 0 Å². The molecule has 1 aromatic rings. The number of pyridine rings is 1. The lowest BCUT2D eigenvalue weighted by Gasteiger charge is -2.28. The molecule has 0 atom stereocenters. The van der Waals surface area contributed by atoms with Crippen molar-refractivity contribution in [2.75, 3.05) is 6.54 Å². The molecule has 5 nitrogen and oxygen atoms in total. The summed E-state index contributed by atoms with van der Waals surface area (Å²) in [6, 6.07) is 3.15. The van der Waals surface area contributed by atoms with Crippen LogP contribution in [0.25, 0.3) is 0 Å². The number of nitrogens with zero attached hydrogens (tertiary/aromatic N) is 1. The number of hydrogen-bond donors (Lipinski definition) is 2. The first-order valence-corrected chi connectivity index (χ1v) is 7.20. The second-order valence-corrected chi connectivity index (χ2v) is 6.17. The summed E-state index contributed by atoms with van der Waals surface area (Å²) in [6.45, 7) is 0.340. The number of aromatic nitrogens is 1. The van der Waals surface area contributed by atoms with E-state index in [0.717, 1.165) is 25.7 Å². The molecule has 1 fully saturated rings. The molecule has 1 heterocycles. The van der Waals surface area contributed by atoms with Gasteiger partial charge in [-0.2, -0.15) is 0 Å². The molecule has 1 aliphatic carbocycles. The zero-order chi connectivity index (χ0) is 12.4. The number of nitrogens with one attached hydrogen (secondary N) is 1. The molecular weight excluding hydrogens is 274 g/mol. The summed E-state index contributed by atoms with van der Waals surface area (Å²) >= 11 is 0. The minimum atomic E-state index is -3.51. The van der Waals surface area contributed by atoms with Gasteiger partial charge in [0.2, 0.25) is 10.0 Å². The molecule has 0 amide bonds. The highest BCUT2D eigenvalue weighted by molar-refractivity contribution is 7.89. The maximum absolute atomic E-state index is 12.1. The van der Waals surface area contributed by atoms with Crippen molar-refractivity contribution in [1.29, 1.82) is 0 Å². The van der Waals surface area contributed by atoms with Gasteiger partial charge in [-0.1, -0.05) is 12.8 Å². The molecule has 0 aliphatic heterocycles. The Kier molecular flexibility index (Phi) is 5.10. The van der Waals surface area contributed by atoms with Gasteiger partial charge in [-0.25, -0.2) is 13.1 Å². The van der Waals surface area contributed by atoms with Gasteiger partial charge in [0.15, 0.2) is 0 Å². The third-order valence-electron chi connectivity index (χ3n) is 3.25. The molecule has 0 saturated heterocycles. The number of hydrogen-bond acceptors (Lipinski definition) is 4. The highest BCUT2D eigenvalue weighted by atomic mass is 35.5. The zero-order valence-corrected chi connectivity index (χ0v) is 11.6. The van der Waals surface area contributed by atoms with Crippen LogP contribution in [0.2, 0.25) is 0 Å². The quantitative estimate of drug-likeness (QED) is 0.868. The monoisotopic (exact) mass is 291 g/mol. The first kappa shape index (κ1) is 15.4. The summed E-state index contributed by atoms with van der Waals surface area (Å²) in [5.74, 6) is 0. The number of rotatable bonds is 4. The lowest BCUT2D eigenvalue weighted by Crippen LogP contribution is -2.51. The Hall–Kier alpha value is -0.690. The summed E-state index contributed by atoms with van der Waals surface area (Å²) in [4.78, 5) is 4.02. The minimum absolute atomic E-state index is 0. The highest BCUT2D eigenvalue weighted by Gasteiger charge is 2.36. The normalized spacial score (nSPS) is 18.3. The predicted molar refractivity (Wildman–Crippen MR) is 72.1 cm³/mol. The van der Waals surface area contributed by atoms with Crippen LogP contribution < -0.4 is 10.5 Å². The lowest BCUT2D eigenvalue weighted by atomic mass is 10.0. The van der Waals surface area contributed by atoms with Crippen LogP contribution in [0.3, 0.4) is 0 Å². The Labute approximate surface area is 114 Å². The third kappa shape index (κ3) is 3.20. The molecule has 0 radical (unpaired) electrons. The fraction of sp³-hybridized carbons (Fsp3) is 0.545. The SMILES string of the molecule is Cl.NCC1(NS(=O)(=O)c2cccnc2)CCCC1. The van der Waals surface area contributed by atoms with Gasteiger partial charge in [-0.15, -0.1) is 12.4 Å². The van der Waals surface area contributed by atoms with E-state index in [1.165, 1.54) is 12.3 Å². The van der Waals surface area contributed by atoms with E-state index in [2.05, 4.69) is 9.71 Å². The number of nitrogens with two attached hydrogens (primary N) is 1. The molecule has 3 N–H and O–H groups in total. The first-order chi connectivity index (χ1) is 8.08. The third-order valence-corrected chi connectivity index (χ3v) is 4.81. The maximum Gasteiger partial charge on any atom is 0.242 e. The lowest BCUT2D eigenvalue weighted by molar-refractivity contribution is 0.399. The summed E-state index contributed by atoms with van der Waals surface area (Å²) in [7, 11) is -3.51. The standard InChI is InChI=1S/C11H17N3O2S.ClH/c12-9-11(5-1-2-6-11)14-17(15,16)10-4-3-7-13-8-10;/h3-4,7-8,14H,1-2,5-6,9,12H2;1H. The Morgan fingerprint density at radius 1 is 1.39 bits per heavy atom. The molecule has 1 aliphatic rings. The summed E-state index contributed by atoms with van der Waals surface area (Å²) in [6.07, 6.45) is 6.56. The van der Waals surface area contributed by atoms with E-state index < -0.39 is 15.6 Å². The second-order valence-electron chi connectivity index (χ2n) is 4.49. The van der Waals surface area contributed by atoms with E-state index in [1.54, 1.807) is 12.3 Å². The van der Waals surface area contributed by atoms with E-state index in [4.69, 9.17) is 5.73 Å². The number of sulfonamides is 1. The van der Waals surface area contributed by atoms with Gasteiger partial charge < -0.3 is 5.73 Å². The van der Waals surface area contributed by atoms with Gasteiger partial charge in [-0.3, -0.25) is 4.98 Å². The van der Waals surface area contributed by atoms with E-state index in [0.29, 0.717) is 6.54 Å². The van der Waals surface area contributed by atoms with E-state index >= 15 is 0 Å². The molecule has 1 saturated carbocycles. The second kappa shape index (κ2) is 5.97. The van der Waals surface area contributed by atoms with Gasteiger partial charge in [0, 0.05) is 24.5 Å². The van der Waals surface area contributed by atoms with Crippen LogP contribution >= 0.6 is 12.4 Å². The fourth-order valence-corrected chi connectivity index (χ4v) is 3.68. The van der Waals surface area contributed by atoms with Crippen LogP contribution in [0.5, 0.6) is 0 Å². The molecule has 0 aromatic carbocycles. The van der Waals surface area contributed by atoms with Crippen molar-refractivity contribution < 1.29 is 8.42 Å². The molecule has 1 aromatic heterocycles. The van der Waals surface area contributed by atoms with Crippen molar-refractivity contribution in [3.8, 4) is 0 Å². The van der Waals surface area contributed by atoms with Crippen LogP contribution in [0.15, 0.2) is 29.4 Å². The molecule has 7 heteroatoms. The van der Waals surface area contributed by atoms with Gasteiger partial charge in [0.05, 0.1) is 0 Å². The fourth-order valence-electron chi connectivity index (χ4n) is 2.25. The van der Waals surface area contributed by atoms with Crippen molar-refractivity contribution in [3.05, 3.63) is 24.5 Å². The largest absolute Gasteiger partial charge is 0.329 e. The summed E-state index contributed by atoms with van der Waals surface area (Å²) in [5.41, 5.74) is 5.25. The smallest absolute Gasteiger partial charge is 0.242 e. The van der Waals surface area contributed by atoms with Crippen LogP contribution in [0.4, 0.5) is 0 Å². The zero-order valence-electron chi connectivity index (χ0n) is 10.0. The predicted octanol–water partition coefficient (Wildman–Crippen LogP) is 1.05. The van der Waals surface area contributed by atoms with Gasteiger partial charge >= 0.3 is 0 Å². The van der Waals surface area contributed by atoms with Crippen molar-refractivity contribution in [2.24, 2.45) is 5.73 Å². The Balaban J connectivity index is 0.00000162. The van der Waals surface area contributed by atoms with Crippen molar-refractivity contribution in [1.82, 2.24) is 9.71 Å². The van der Waals surface area contributed by atoms with Crippen LogP contribution in [-0.2, 0) is 10.0 Å². The molecule has 0 spiro atoms. The Morgan fingerprint density at radius 3 is 2.56 bits per heavy atom. The average molecular weight is 292 g/mol. The molecule has 2 rings (SSSR count). The number of halogens is 1. The first-order valence-electron chi connectivity index (χ1n) is 5.72. The topological polar surface area (TPSA) is 85.1 Å².